The first kappa shape index (κ1) is 99.2. The van der Waals surface area contributed by atoms with Gasteiger partial charge in [-0.1, -0.05) is 230 Å². The van der Waals surface area contributed by atoms with E-state index >= 15 is 8.78 Å². The van der Waals surface area contributed by atoms with Gasteiger partial charge in [0, 0.05) is 125 Å². The molecule has 0 aromatic carbocycles. The summed E-state index contributed by atoms with van der Waals surface area (Å²) in [5, 5.41) is 1.61. The van der Waals surface area contributed by atoms with E-state index in [2.05, 4.69) is 154 Å². The quantitative estimate of drug-likeness (QED) is 0.0556. The molecule has 0 amide bonds. The monoisotopic (exact) mass is 2470 g/mol. The molecule has 0 atom stereocenters. The van der Waals surface area contributed by atoms with Gasteiger partial charge in [0.1, 0.15) is 11.4 Å². The Morgan fingerprint density at radius 2 is 0.617 bits per heavy atom. The Morgan fingerprint density at radius 1 is 0.336 bits per heavy atom. The molecule has 0 unspecified atom stereocenters. The van der Waals surface area contributed by atoms with Crippen LogP contribution in [0.25, 0.3) is 46.5 Å². The van der Waals surface area contributed by atoms with Gasteiger partial charge in [-0.15, -0.1) is 0 Å². The van der Waals surface area contributed by atoms with Crippen molar-refractivity contribution in [3.05, 3.63) is 313 Å². The maximum atomic E-state index is 15.6. The van der Waals surface area contributed by atoms with Gasteiger partial charge in [0.05, 0.1) is 14.2 Å². The average Bonchev–Trinajstić information content (AvgIpc) is 1.58. The van der Waals surface area contributed by atoms with E-state index in [1.54, 1.807) is 103 Å². The Hall–Kier alpha value is -11.0. The third kappa shape index (κ3) is 19.9. The molecule has 670 valence electrons. The van der Waals surface area contributed by atoms with Gasteiger partial charge in [-0.2, -0.15) is 17.6 Å². The first-order valence-electron chi connectivity index (χ1n) is 39.4. The smallest absolute Gasteiger partial charge is 0.525 e. The summed E-state index contributed by atoms with van der Waals surface area (Å²) in [7, 11) is 0.793. The van der Waals surface area contributed by atoms with Crippen molar-refractivity contribution >= 4 is 18.7 Å². The van der Waals surface area contributed by atoms with E-state index in [0.29, 0.717) is 93.2 Å². The predicted molar refractivity (Wildman–Crippen MR) is 451 cm³/mol. The van der Waals surface area contributed by atoms with Crippen LogP contribution in [-0.2, 0) is 123 Å². The first-order chi connectivity index (χ1) is 58.6. The number of fused-ring (bicyclic) bond motifs is 10. The van der Waals surface area contributed by atoms with Gasteiger partial charge in [-0.25, -0.2) is 8.78 Å². The fraction of sp³-hybridized carbons (Fsp3) is 0.297. The van der Waals surface area contributed by atoms with Gasteiger partial charge in [0.25, 0.3) is 0 Å². The minimum Gasteiger partial charge on any atom is -0.525 e. The van der Waals surface area contributed by atoms with Crippen molar-refractivity contribution < 1.29 is 120 Å². The number of imidazole rings is 8. The summed E-state index contributed by atoms with van der Waals surface area (Å²) < 4.78 is 109. The van der Waals surface area contributed by atoms with Crippen molar-refractivity contribution in [1.82, 2.24) is 116 Å². The van der Waals surface area contributed by atoms with Crippen molar-refractivity contribution in [3.63, 3.8) is 0 Å². The molecule has 26 nitrogen and oxygen atoms in total. The van der Waals surface area contributed by atoms with E-state index in [0.717, 1.165) is 42.5 Å². The fourth-order valence-electron chi connectivity index (χ4n) is 13.7. The molecule has 0 aliphatic carbocycles. The van der Waals surface area contributed by atoms with Crippen LogP contribution in [0.5, 0.6) is 12.0 Å². The number of hydrogen-bond acceptors (Lipinski definition) is 18. The Labute approximate surface area is 796 Å². The molecule has 1 aliphatic rings. The molecule has 0 saturated carbocycles. The van der Waals surface area contributed by atoms with E-state index in [1.165, 1.54) is 24.5 Å². The second-order valence-electron chi connectivity index (χ2n) is 33.9. The van der Waals surface area contributed by atoms with Crippen molar-refractivity contribution in [1.29, 1.82) is 0 Å². The zero-order valence-electron chi connectivity index (χ0n) is 73.2. The molecule has 0 radical (unpaired) electrons. The van der Waals surface area contributed by atoms with Crippen molar-refractivity contribution in [2.24, 2.45) is 0 Å². The van der Waals surface area contributed by atoms with Crippen LogP contribution in [0.3, 0.4) is 0 Å². The molecule has 37 heteroatoms. The number of halogens is 6. The van der Waals surface area contributed by atoms with Gasteiger partial charge in [0.2, 0.25) is 0 Å². The number of hydrogen-bond donors (Lipinski definition) is 0. The van der Waals surface area contributed by atoms with Crippen molar-refractivity contribution in [2.45, 2.75) is 162 Å². The molecule has 1 aliphatic heterocycles. The molecule has 8 bridgehead atoms. The number of nitrogens with zero attached hydrogens (tertiary/aromatic N) is 24. The van der Waals surface area contributed by atoms with Gasteiger partial charge in [0.15, 0.2) is 44.1 Å². The minimum absolute atomic E-state index is 0. The molecular weight excluding hydrogens is 2380 g/mol. The Bertz CT molecular complexity index is 6190. The molecular formula is C91H88F6N24O2Pt4Si. The molecule has 17 rings (SSSR count). The topological polar surface area (TPSA) is 264 Å². The second kappa shape index (κ2) is 38.8. The zero-order chi connectivity index (χ0) is 89.0. The number of methoxy groups -OCH3 is 2. The van der Waals surface area contributed by atoms with Gasteiger partial charge < -0.3 is 65.9 Å². The summed E-state index contributed by atoms with van der Waals surface area (Å²) in [6, 6.07) is 43.5. The van der Waals surface area contributed by atoms with Gasteiger partial charge in [-0.3, -0.25) is 59.8 Å². The summed E-state index contributed by atoms with van der Waals surface area (Å²) in [5.41, 5.74) is 0.871. The van der Waals surface area contributed by atoms with Crippen molar-refractivity contribution in [2.75, 3.05) is 14.2 Å². The molecule has 0 saturated heterocycles. The largest absolute Gasteiger partial charge is 2.00 e. The van der Waals surface area contributed by atoms with Crippen LogP contribution in [0, 0.1) is 87.5 Å². The van der Waals surface area contributed by atoms with E-state index in [9.17, 15) is 17.6 Å². The standard InChI is InChI=1S/C27H30F2N6.C25H24F2N6.C21H20N6O2.C18H14F2N6Si.4Pt/c1-25(2,3)23-32-19(28)15-34(23)21-13-9-11-17(30-21)27(7,8)18-12-10-14-22(31-18)35-16-20(29)33-24(35)26(4,5)6;1-15-28-19-13-32(15)21-11-7-9-17(30-21)25(26,27)18-10-8-12-22(31-18)33-14-20(29-16(33)2)24(5,6)23(19,3)4;1-21(2,15-7-5-9-17(24-15)26-13-11-22-19(26)28-3)16-8-6-10-18(25-16)27-14-12-23-20(27)29-4;1-27(2,15-7-3-5-13(23-15)25-11-9-21-17(25)19)16-8-4-6-14(24-16)26-12-10-22-18(26)20;;;;/h9-14H,1-8H3;7-12H,1-6H3;5-12H,1-4H3;3-10H,1-2H3;;;;/q4*-2;4*+2. The molecule has 0 N–H and O–H groups in total. The third-order valence-corrected chi connectivity index (χ3v) is 24.8. The zero-order valence-corrected chi connectivity index (χ0v) is 83.3. The number of pyridine rings is 8. The summed E-state index contributed by atoms with van der Waals surface area (Å²) in [4.78, 5) is 70.0. The Kier molecular flexibility index (Phi) is 30.0. The number of alkyl halides is 2. The van der Waals surface area contributed by atoms with Gasteiger partial charge in [-0.05, 0) is 136 Å². The van der Waals surface area contributed by atoms with E-state index in [-0.39, 0.29) is 84.3 Å². The van der Waals surface area contributed by atoms with E-state index < -0.39 is 81.9 Å². The van der Waals surface area contributed by atoms with Crippen LogP contribution < -0.4 is 20.1 Å². The average molecular weight is 2470 g/mol. The SMILES string of the molecule is CC(C)(C)c1nc(F)[c-]n1-c1cccc(C(C)(C)c2cccc(-n3[c-]c(F)nc3C(C)(C)C)n2)n1.COc1nc[c-]n1-c1cccc(C(C)(C)c2cccc(-n3[c-]cnc3OC)n2)n1.C[Si](C)(c1cccc(-n2[c-]cnc2F)n1)c1cccc(-n2[c-]cnc2F)n1.Cc1nc2[c-]n1-c1cccc(n1)C(F)(F)c1cccc(n1)-n1[c-]c(nc1C)C(C)(C)C2(C)C.[Pt+2].[Pt+2].[Pt+2].[Pt+2]. The fourth-order valence-corrected chi connectivity index (χ4v) is 15.8. The first-order valence-corrected chi connectivity index (χ1v) is 42.4. The molecule has 16 aromatic rings. The molecule has 0 fully saturated rings. The summed E-state index contributed by atoms with van der Waals surface area (Å²) in [5.74, 6) is 1.37. The van der Waals surface area contributed by atoms with Gasteiger partial charge >= 0.3 is 90.2 Å². The van der Waals surface area contributed by atoms with Crippen LogP contribution >= 0.6 is 0 Å². The molecule has 0 spiro atoms. The van der Waals surface area contributed by atoms with E-state index in [1.807, 2.05) is 154 Å². The third-order valence-electron chi connectivity index (χ3n) is 21.7. The molecule has 16 aromatic heterocycles. The molecule has 128 heavy (non-hydrogen) atoms. The maximum Gasteiger partial charge on any atom is 2.00 e. The number of aromatic nitrogens is 24. The second-order valence-corrected chi connectivity index (χ2v) is 38.2. The van der Waals surface area contributed by atoms with Crippen LogP contribution in [0.1, 0.15) is 166 Å². The van der Waals surface area contributed by atoms with Crippen molar-refractivity contribution in [3.8, 4) is 58.6 Å². The summed E-state index contributed by atoms with van der Waals surface area (Å²) >= 11 is 0. The molecule has 17 heterocycles. The normalized spacial score (nSPS) is 13.2. The minimum atomic E-state index is -3.40. The number of aryl methyl sites for hydroxylation is 2. The maximum absolute atomic E-state index is 15.6. The Morgan fingerprint density at radius 3 is 0.922 bits per heavy atom. The van der Waals surface area contributed by atoms with Crippen LogP contribution in [0.2, 0.25) is 13.1 Å². The van der Waals surface area contributed by atoms with Crippen LogP contribution in [-0.4, -0.2) is 139 Å². The number of ether oxygens (including phenoxy) is 2. The van der Waals surface area contributed by atoms with Crippen LogP contribution in [0.4, 0.5) is 26.3 Å². The summed E-state index contributed by atoms with van der Waals surface area (Å²) in [6.45, 7) is 36.0. The Balaban J connectivity index is 0.000000177. The number of rotatable bonds is 14. The predicted octanol–water partition coefficient (Wildman–Crippen LogP) is 14.8. The van der Waals surface area contributed by atoms with Crippen LogP contribution in [0.15, 0.2) is 170 Å². The van der Waals surface area contributed by atoms with E-state index in [4.69, 9.17) is 39.4 Å². The summed E-state index contributed by atoms with van der Waals surface area (Å²) in [6.07, 6.45) is 27.5.